The van der Waals surface area contributed by atoms with Crippen LogP contribution in [0.4, 0.5) is 0 Å². The molecule has 7 heteroatoms. The molecule has 0 unspecified atom stereocenters. The molecule has 1 aliphatic rings. The fourth-order valence-electron chi connectivity index (χ4n) is 4.78. The average molecular weight is 457 g/mol. The molecule has 174 valence electrons. The topological polar surface area (TPSA) is 80.5 Å². The normalized spacial score (nSPS) is 14.9. The number of carbonyl (C=O) groups is 1. The van der Waals surface area contributed by atoms with Crippen molar-refractivity contribution in [2.45, 2.75) is 25.3 Å². The Bertz CT molecular complexity index is 1260. The fraction of sp³-hybridized carbons (Fsp3) is 0.296. The lowest BCUT2D eigenvalue weighted by molar-refractivity contribution is 0.0691. The van der Waals surface area contributed by atoms with Gasteiger partial charge >= 0.3 is 5.97 Å². The minimum Gasteiger partial charge on any atom is -0.491 e. The molecule has 0 bridgehead atoms. The Labute approximate surface area is 198 Å². The number of fused-ring (bicyclic) bond motifs is 1. The van der Waals surface area contributed by atoms with Crippen LogP contribution in [-0.4, -0.2) is 56.8 Å². The number of hydrogen-bond donors (Lipinski definition) is 1. The van der Waals surface area contributed by atoms with Gasteiger partial charge in [0.1, 0.15) is 23.6 Å². The van der Waals surface area contributed by atoms with Crippen LogP contribution >= 0.6 is 0 Å². The number of nitrogens with zero attached hydrogens (tertiary/aromatic N) is 4. The molecule has 7 nitrogen and oxygen atoms in total. The first-order chi connectivity index (χ1) is 16.7. The summed E-state index contributed by atoms with van der Waals surface area (Å²) in [6, 6.07) is 17.0. The van der Waals surface area contributed by atoms with Gasteiger partial charge in [0, 0.05) is 30.5 Å². The molecule has 4 heterocycles. The highest BCUT2D eigenvalue weighted by Gasteiger charge is 2.24. The summed E-state index contributed by atoms with van der Waals surface area (Å²) in [4.78, 5) is 22.9. The summed E-state index contributed by atoms with van der Waals surface area (Å²) in [5.74, 6) is -0.0483. The number of piperidine rings is 1. The highest BCUT2D eigenvalue weighted by molar-refractivity contribution is 5.90. The quantitative estimate of drug-likeness (QED) is 0.422. The van der Waals surface area contributed by atoms with Crippen LogP contribution in [-0.2, 0) is 6.54 Å². The molecule has 0 saturated carbocycles. The number of hydrogen-bond acceptors (Lipinski definition) is 5. The van der Waals surface area contributed by atoms with Gasteiger partial charge < -0.3 is 14.4 Å². The Balaban J connectivity index is 1.21. The first-order valence-electron chi connectivity index (χ1n) is 11.7. The predicted octanol–water partition coefficient (Wildman–Crippen LogP) is 4.44. The van der Waals surface area contributed by atoms with Crippen molar-refractivity contribution in [2.75, 3.05) is 26.2 Å². The number of rotatable bonds is 8. The van der Waals surface area contributed by atoms with E-state index in [2.05, 4.69) is 31.7 Å². The van der Waals surface area contributed by atoms with Crippen molar-refractivity contribution >= 4 is 17.0 Å². The van der Waals surface area contributed by atoms with Crippen molar-refractivity contribution in [3.05, 3.63) is 90.0 Å². The molecular formula is C27H28N4O3. The summed E-state index contributed by atoms with van der Waals surface area (Å²) in [6.07, 6.45) is 8.09. The molecule has 0 amide bonds. The van der Waals surface area contributed by atoms with Gasteiger partial charge in [-0.2, -0.15) is 0 Å². The molecule has 4 aromatic rings. The lowest BCUT2D eigenvalue weighted by Crippen LogP contribution is -2.35. The van der Waals surface area contributed by atoms with Crippen LogP contribution in [0.3, 0.4) is 0 Å². The van der Waals surface area contributed by atoms with E-state index in [9.17, 15) is 9.90 Å². The smallest absolute Gasteiger partial charge is 0.339 e. The molecule has 1 N–H and O–H groups in total. The second kappa shape index (κ2) is 10.1. The van der Waals surface area contributed by atoms with Crippen molar-refractivity contribution in [3.8, 4) is 5.75 Å². The molecule has 3 aromatic heterocycles. The molecule has 0 spiro atoms. The second-order valence-electron chi connectivity index (χ2n) is 8.67. The first kappa shape index (κ1) is 22.1. The summed E-state index contributed by atoms with van der Waals surface area (Å²) in [5.41, 5.74) is 3.61. The first-order valence-corrected chi connectivity index (χ1v) is 11.7. The molecule has 0 radical (unpaired) electrons. The number of para-hydroxylation sites is 1. The zero-order valence-electron chi connectivity index (χ0n) is 19.0. The monoisotopic (exact) mass is 456 g/mol. The average Bonchev–Trinajstić information content (AvgIpc) is 3.24. The zero-order chi connectivity index (χ0) is 23.3. The van der Waals surface area contributed by atoms with E-state index < -0.39 is 5.97 Å². The van der Waals surface area contributed by atoms with E-state index in [0.29, 0.717) is 24.8 Å². The highest BCUT2D eigenvalue weighted by atomic mass is 16.5. The van der Waals surface area contributed by atoms with Crippen LogP contribution in [0.2, 0.25) is 0 Å². The molecule has 5 rings (SSSR count). The van der Waals surface area contributed by atoms with Crippen molar-refractivity contribution < 1.29 is 14.6 Å². The third-order valence-corrected chi connectivity index (χ3v) is 6.53. The van der Waals surface area contributed by atoms with Crippen molar-refractivity contribution in [1.29, 1.82) is 0 Å². The van der Waals surface area contributed by atoms with E-state index in [1.54, 1.807) is 24.3 Å². The van der Waals surface area contributed by atoms with Gasteiger partial charge in [0.05, 0.1) is 12.2 Å². The number of carboxylic acids is 1. The standard InChI is InChI=1S/C27H28N4O3/c32-27(33)23-7-1-2-9-25(23)34-17-16-30-14-10-20(11-15-30)24-19-31(18-21-6-3-4-12-28-21)26-22(24)8-5-13-29-26/h1-9,12-13,19-20H,10-11,14-18H2,(H,32,33). The van der Waals surface area contributed by atoms with Gasteiger partial charge in [0.2, 0.25) is 0 Å². The van der Waals surface area contributed by atoms with Crippen molar-refractivity contribution in [1.82, 2.24) is 19.4 Å². The van der Waals surface area contributed by atoms with Gasteiger partial charge in [0.15, 0.2) is 0 Å². The third kappa shape index (κ3) is 4.79. The maximum absolute atomic E-state index is 11.4. The van der Waals surface area contributed by atoms with Crippen LogP contribution in [0, 0.1) is 0 Å². The van der Waals surface area contributed by atoms with Gasteiger partial charge in [-0.3, -0.25) is 9.88 Å². The SMILES string of the molecule is O=C(O)c1ccccc1OCCN1CCC(c2cn(Cc3ccccn3)c3ncccc23)CC1. The number of ether oxygens (including phenoxy) is 1. The number of benzene rings is 1. The van der Waals surface area contributed by atoms with Gasteiger partial charge in [-0.05, 0) is 73.8 Å². The fourth-order valence-corrected chi connectivity index (χ4v) is 4.78. The zero-order valence-corrected chi connectivity index (χ0v) is 19.0. The van der Waals surface area contributed by atoms with Gasteiger partial charge in [-0.25, -0.2) is 9.78 Å². The van der Waals surface area contributed by atoms with Gasteiger partial charge in [0.25, 0.3) is 0 Å². The molecule has 0 atom stereocenters. The Kier molecular flexibility index (Phi) is 6.53. The largest absolute Gasteiger partial charge is 0.491 e. The molecule has 34 heavy (non-hydrogen) atoms. The number of likely N-dealkylation sites (tertiary alicyclic amines) is 1. The summed E-state index contributed by atoms with van der Waals surface area (Å²) >= 11 is 0. The van der Waals surface area contributed by atoms with Crippen molar-refractivity contribution in [3.63, 3.8) is 0 Å². The summed E-state index contributed by atoms with van der Waals surface area (Å²) < 4.78 is 8.01. The summed E-state index contributed by atoms with van der Waals surface area (Å²) in [7, 11) is 0. The minimum absolute atomic E-state index is 0.205. The maximum Gasteiger partial charge on any atom is 0.339 e. The predicted molar refractivity (Wildman–Crippen MR) is 130 cm³/mol. The number of aromatic nitrogens is 3. The lowest BCUT2D eigenvalue weighted by atomic mass is 9.89. The second-order valence-corrected chi connectivity index (χ2v) is 8.67. The Morgan fingerprint density at radius 3 is 2.59 bits per heavy atom. The highest BCUT2D eigenvalue weighted by Crippen LogP contribution is 2.34. The van der Waals surface area contributed by atoms with Crippen LogP contribution < -0.4 is 4.74 Å². The molecule has 1 aromatic carbocycles. The van der Waals surface area contributed by atoms with Crippen molar-refractivity contribution in [2.24, 2.45) is 0 Å². The van der Waals surface area contributed by atoms with Gasteiger partial charge in [-0.15, -0.1) is 0 Å². The summed E-state index contributed by atoms with van der Waals surface area (Å²) in [5, 5.41) is 10.5. The number of carboxylic acid groups (broad SMARTS) is 1. The molecule has 1 fully saturated rings. The van der Waals surface area contributed by atoms with Crippen LogP contribution in [0.25, 0.3) is 11.0 Å². The molecule has 1 aliphatic heterocycles. The Morgan fingerprint density at radius 1 is 1.00 bits per heavy atom. The Morgan fingerprint density at radius 2 is 1.79 bits per heavy atom. The van der Waals surface area contributed by atoms with E-state index in [-0.39, 0.29) is 5.56 Å². The van der Waals surface area contributed by atoms with E-state index in [1.165, 1.54) is 10.9 Å². The van der Waals surface area contributed by atoms with E-state index >= 15 is 0 Å². The van der Waals surface area contributed by atoms with E-state index in [4.69, 9.17) is 4.74 Å². The third-order valence-electron chi connectivity index (χ3n) is 6.53. The van der Waals surface area contributed by atoms with Crippen LogP contribution in [0.5, 0.6) is 5.75 Å². The van der Waals surface area contributed by atoms with E-state index in [1.807, 2.05) is 36.7 Å². The van der Waals surface area contributed by atoms with Gasteiger partial charge in [-0.1, -0.05) is 18.2 Å². The minimum atomic E-state index is -0.965. The molecule has 0 aliphatic carbocycles. The summed E-state index contributed by atoms with van der Waals surface area (Å²) in [6.45, 7) is 3.94. The Hall–Kier alpha value is -3.71. The van der Waals surface area contributed by atoms with Crippen LogP contribution in [0.15, 0.2) is 73.2 Å². The van der Waals surface area contributed by atoms with Crippen LogP contribution in [0.1, 0.15) is 40.4 Å². The number of aromatic carboxylic acids is 1. The molecular weight excluding hydrogens is 428 g/mol. The lowest BCUT2D eigenvalue weighted by Gasteiger charge is -2.31. The maximum atomic E-state index is 11.4. The number of pyridine rings is 2. The molecule has 1 saturated heterocycles. The van der Waals surface area contributed by atoms with E-state index in [0.717, 1.165) is 43.8 Å².